The van der Waals surface area contributed by atoms with Gasteiger partial charge in [0.05, 0.1) is 6.21 Å². The fourth-order valence-electron chi connectivity index (χ4n) is 2.11. The molecule has 3 aromatic heterocycles. The molecule has 20 heavy (non-hydrogen) atoms. The van der Waals surface area contributed by atoms with Crippen LogP contribution in [-0.4, -0.2) is 30.8 Å². The lowest BCUT2D eigenvalue weighted by Crippen LogP contribution is -1.99. The number of aryl methyl sites for hydroxylation is 2. The van der Waals surface area contributed by atoms with E-state index < -0.39 is 0 Å². The maximum atomic E-state index is 5.13. The number of hydrogen-bond donors (Lipinski definition) is 0. The molecule has 0 aliphatic carbocycles. The highest BCUT2D eigenvalue weighted by Gasteiger charge is 2.12. The first-order chi connectivity index (χ1) is 9.65. The van der Waals surface area contributed by atoms with Gasteiger partial charge in [-0.15, -0.1) is 10.2 Å². The average molecular weight is 270 g/mol. The van der Waals surface area contributed by atoms with E-state index >= 15 is 0 Å². The van der Waals surface area contributed by atoms with E-state index in [2.05, 4.69) is 20.5 Å². The highest BCUT2D eigenvalue weighted by Crippen LogP contribution is 2.19. The van der Waals surface area contributed by atoms with E-state index in [9.17, 15) is 0 Å². The van der Waals surface area contributed by atoms with E-state index in [1.807, 2.05) is 37.5 Å². The molecule has 0 aromatic carbocycles. The van der Waals surface area contributed by atoms with E-state index in [0.717, 1.165) is 28.5 Å². The molecule has 0 bridgehead atoms. The van der Waals surface area contributed by atoms with Crippen molar-refractivity contribution in [3.05, 3.63) is 47.5 Å². The quantitative estimate of drug-likeness (QED) is 0.681. The third-order valence-corrected chi connectivity index (χ3v) is 3.05. The summed E-state index contributed by atoms with van der Waals surface area (Å²) in [6.07, 6.45) is 4.85. The first kappa shape index (κ1) is 12.3. The molecule has 0 amide bonds. The summed E-state index contributed by atoms with van der Waals surface area (Å²) in [5.41, 5.74) is 3.13. The van der Waals surface area contributed by atoms with Gasteiger partial charge < -0.3 is 4.52 Å². The predicted octanol–water partition coefficient (Wildman–Crippen LogP) is 1.86. The van der Waals surface area contributed by atoms with Gasteiger partial charge in [-0.2, -0.15) is 5.10 Å². The average Bonchev–Trinajstić information content (AvgIpc) is 3.10. The molecule has 102 valence electrons. The van der Waals surface area contributed by atoms with Gasteiger partial charge in [0.1, 0.15) is 18.4 Å². The van der Waals surface area contributed by atoms with Gasteiger partial charge >= 0.3 is 0 Å². The maximum absolute atomic E-state index is 5.13. The third kappa shape index (κ3) is 2.13. The minimum atomic E-state index is 0.779. The van der Waals surface area contributed by atoms with Crippen molar-refractivity contribution in [2.24, 2.45) is 5.10 Å². The molecule has 3 heterocycles. The van der Waals surface area contributed by atoms with Gasteiger partial charge in [-0.1, -0.05) is 5.16 Å². The molecule has 7 heteroatoms. The zero-order valence-electron chi connectivity index (χ0n) is 11.5. The number of nitrogens with zero attached hydrogens (tertiary/aromatic N) is 6. The lowest BCUT2D eigenvalue weighted by atomic mass is 10.3. The maximum Gasteiger partial charge on any atom is 0.180 e. The van der Waals surface area contributed by atoms with E-state index in [-0.39, 0.29) is 0 Å². The Labute approximate surface area is 115 Å². The fraction of sp³-hybridized carbons (Fsp3) is 0.231. The third-order valence-electron chi connectivity index (χ3n) is 3.05. The van der Waals surface area contributed by atoms with Crippen LogP contribution in [0.4, 0.5) is 0 Å². The van der Waals surface area contributed by atoms with Crippen LogP contribution in [0.3, 0.4) is 0 Å². The zero-order chi connectivity index (χ0) is 14.1. The Hall–Kier alpha value is -2.70. The highest BCUT2D eigenvalue weighted by molar-refractivity contribution is 5.82. The van der Waals surface area contributed by atoms with Crippen molar-refractivity contribution in [1.82, 2.24) is 24.6 Å². The highest BCUT2D eigenvalue weighted by atomic mass is 16.5. The minimum Gasteiger partial charge on any atom is -0.360 e. The molecule has 0 spiro atoms. The van der Waals surface area contributed by atoms with Gasteiger partial charge in [-0.3, -0.25) is 4.57 Å². The molecule has 0 fully saturated rings. The van der Waals surface area contributed by atoms with E-state index in [1.54, 1.807) is 10.9 Å². The molecular formula is C13H14N6O. The second-order valence-electron chi connectivity index (χ2n) is 4.54. The van der Waals surface area contributed by atoms with Crippen molar-refractivity contribution in [1.29, 1.82) is 0 Å². The van der Waals surface area contributed by atoms with E-state index in [0.29, 0.717) is 0 Å². The predicted molar refractivity (Wildman–Crippen MR) is 73.1 cm³/mol. The fourth-order valence-corrected chi connectivity index (χ4v) is 2.11. The van der Waals surface area contributed by atoms with Crippen molar-refractivity contribution >= 4 is 6.21 Å². The molecular weight excluding hydrogens is 256 g/mol. The van der Waals surface area contributed by atoms with Crippen LogP contribution in [0.2, 0.25) is 0 Å². The van der Waals surface area contributed by atoms with Crippen LogP contribution in [0.15, 0.2) is 34.4 Å². The van der Waals surface area contributed by atoms with Crippen LogP contribution in [0, 0.1) is 20.8 Å². The number of aromatic nitrogens is 5. The van der Waals surface area contributed by atoms with Crippen LogP contribution in [0.25, 0.3) is 5.82 Å². The van der Waals surface area contributed by atoms with Gasteiger partial charge in [0, 0.05) is 23.0 Å². The Morgan fingerprint density at radius 1 is 1.15 bits per heavy atom. The smallest absolute Gasteiger partial charge is 0.180 e. The molecule has 0 N–H and O–H groups in total. The molecule has 0 aliphatic rings. The van der Waals surface area contributed by atoms with E-state index in [1.165, 1.54) is 12.7 Å². The largest absolute Gasteiger partial charge is 0.360 e. The molecule has 0 saturated carbocycles. The van der Waals surface area contributed by atoms with Crippen molar-refractivity contribution in [3.8, 4) is 5.82 Å². The van der Waals surface area contributed by atoms with Gasteiger partial charge in [0.15, 0.2) is 5.82 Å². The summed E-state index contributed by atoms with van der Waals surface area (Å²) in [7, 11) is 0. The normalized spacial score (nSPS) is 11.6. The van der Waals surface area contributed by atoms with Gasteiger partial charge in [-0.25, -0.2) is 4.68 Å². The summed E-state index contributed by atoms with van der Waals surface area (Å²) in [4.78, 5) is 0. The molecule has 0 aliphatic heterocycles. The topological polar surface area (TPSA) is 74.0 Å². The number of hydrogen-bond acceptors (Lipinski definition) is 5. The van der Waals surface area contributed by atoms with Crippen LogP contribution in [0.5, 0.6) is 0 Å². The van der Waals surface area contributed by atoms with Gasteiger partial charge in [-0.05, 0) is 26.8 Å². The lowest BCUT2D eigenvalue weighted by Gasteiger charge is -2.03. The Kier molecular flexibility index (Phi) is 2.94. The molecule has 3 aromatic rings. The molecule has 7 nitrogen and oxygen atoms in total. The molecule has 0 saturated heterocycles. The first-order valence-corrected chi connectivity index (χ1v) is 6.17. The summed E-state index contributed by atoms with van der Waals surface area (Å²) in [6, 6.07) is 3.95. The Morgan fingerprint density at radius 2 is 1.90 bits per heavy atom. The van der Waals surface area contributed by atoms with Crippen LogP contribution >= 0.6 is 0 Å². The van der Waals surface area contributed by atoms with Crippen molar-refractivity contribution < 1.29 is 4.52 Å². The van der Waals surface area contributed by atoms with Crippen molar-refractivity contribution in [3.63, 3.8) is 0 Å². The number of rotatable bonds is 3. The zero-order valence-corrected chi connectivity index (χ0v) is 11.5. The molecule has 3 rings (SSSR count). The van der Waals surface area contributed by atoms with Gasteiger partial charge in [0.25, 0.3) is 0 Å². The first-order valence-electron chi connectivity index (χ1n) is 6.17. The standard InChI is InChI=1S/C13H14N6O/c1-9-4-12(6-16-18-7-14-15-8-18)11(3)19(9)13-5-10(2)20-17-13/h4-8H,1-3H3/b16-6-. The second-order valence-corrected chi connectivity index (χ2v) is 4.54. The summed E-state index contributed by atoms with van der Waals surface area (Å²) < 4.78 is 8.71. The Bertz CT molecular complexity index is 750. The summed E-state index contributed by atoms with van der Waals surface area (Å²) in [5, 5.41) is 15.7. The SMILES string of the molecule is Cc1cc(-n2c(C)cc(/C=N\n3cnnc3)c2C)no1. The van der Waals surface area contributed by atoms with Crippen molar-refractivity contribution in [2.45, 2.75) is 20.8 Å². The lowest BCUT2D eigenvalue weighted by molar-refractivity contribution is 0.394. The molecule has 0 atom stereocenters. The summed E-state index contributed by atoms with van der Waals surface area (Å²) in [5.74, 6) is 1.56. The van der Waals surface area contributed by atoms with Crippen LogP contribution in [0.1, 0.15) is 22.7 Å². The minimum absolute atomic E-state index is 0.779. The Balaban J connectivity index is 1.98. The van der Waals surface area contributed by atoms with Crippen LogP contribution < -0.4 is 0 Å². The molecule has 0 radical (unpaired) electrons. The summed E-state index contributed by atoms with van der Waals surface area (Å²) >= 11 is 0. The Morgan fingerprint density at radius 3 is 2.55 bits per heavy atom. The van der Waals surface area contributed by atoms with Crippen LogP contribution in [-0.2, 0) is 0 Å². The monoisotopic (exact) mass is 270 g/mol. The summed E-state index contributed by atoms with van der Waals surface area (Å²) in [6.45, 7) is 5.91. The van der Waals surface area contributed by atoms with Gasteiger partial charge in [0.2, 0.25) is 0 Å². The second kappa shape index (κ2) is 4.76. The van der Waals surface area contributed by atoms with Crippen molar-refractivity contribution in [2.75, 3.05) is 0 Å². The molecule has 0 unspecified atom stereocenters. The van der Waals surface area contributed by atoms with E-state index in [4.69, 9.17) is 4.52 Å².